The summed E-state index contributed by atoms with van der Waals surface area (Å²) < 4.78 is 0. The zero-order valence-electron chi connectivity index (χ0n) is 11.7. The van der Waals surface area contributed by atoms with E-state index in [4.69, 9.17) is 4.99 Å². The topological polar surface area (TPSA) is 12.4 Å². The minimum atomic E-state index is 0.797. The van der Waals surface area contributed by atoms with Gasteiger partial charge in [0.25, 0.3) is 0 Å². The fourth-order valence-corrected chi connectivity index (χ4v) is 3.49. The van der Waals surface area contributed by atoms with Crippen LogP contribution < -0.4 is 0 Å². The molecule has 0 fully saturated rings. The van der Waals surface area contributed by atoms with Crippen LogP contribution in [0.3, 0.4) is 0 Å². The van der Waals surface area contributed by atoms with Crippen molar-refractivity contribution in [1.82, 2.24) is 0 Å². The number of thioether (sulfide) groups is 1. The summed E-state index contributed by atoms with van der Waals surface area (Å²) in [6.07, 6.45) is 12.5. The maximum atomic E-state index is 4.69. The summed E-state index contributed by atoms with van der Waals surface area (Å²) in [5, 5.41) is 1.48. The van der Waals surface area contributed by atoms with Gasteiger partial charge in [-0.05, 0) is 12.8 Å². The highest BCUT2D eigenvalue weighted by atomic mass is 32.2. The lowest BCUT2D eigenvalue weighted by Gasteiger charge is -2.16. The number of hydrogen-bond donors (Lipinski definition) is 0. The molecule has 0 aromatic heterocycles. The SMILES string of the molecule is CCCCCCC(CCCCC)C1=NCCS1. The first kappa shape index (κ1) is 15.1. The number of rotatable bonds is 10. The van der Waals surface area contributed by atoms with E-state index in [0.29, 0.717) is 0 Å². The van der Waals surface area contributed by atoms with Crippen LogP contribution in [0.1, 0.15) is 71.6 Å². The van der Waals surface area contributed by atoms with Crippen LogP contribution in [-0.2, 0) is 0 Å². The van der Waals surface area contributed by atoms with Crippen molar-refractivity contribution >= 4 is 16.8 Å². The van der Waals surface area contributed by atoms with Crippen LogP contribution in [0.2, 0.25) is 0 Å². The van der Waals surface area contributed by atoms with E-state index in [1.54, 1.807) is 0 Å². The molecule has 17 heavy (non-hydrogen) atoms. The van der Waals surface area contributed by atoms with Crippen LogP contribution in [0, 0.1) is 5.92 Å². The zero-order chi connectivity index (χ0) is 12.3. The van der Waals surface area contributed by atoms with Crippen LogP contribution in [0.25, 0.3) is 0 Å². The van der Waals surface area contributed by atoms with Crippen molar-refractivity contribution in [2.75, 3.05) is 12.3 Å². The van der Waals surface area contributed by atoms with Gasteiger partial charge in [0.05, 0.1) is 5.04 Å². The van der Waals surface area contributed by atoms with Gasteiger partial charge < -0.3 is 0 Å². The molecule has 1 aliphatic rings. The molecule has 1 rings (SSSR count). The van der Waals surface area contributed by atoms with E-state index in [1.165, 1.54) is 68.6 Å². The monoisotopic (exact) mass is 255 g/mol. The second kappa shape index (κ2) is 9.99. The predicted octanol–water partition coefficient (Wildman–Crippen LogP) is 5.30. The van der Waals surface area contributed by atoms with Gasteiger partial charge in [-0.15, -0.1) is 11.8 Å². The van der Waals surface area contributed by atoms with Crippen LogP contribution in [-0.4, -0.2) is 17.3 Å². The van der Waals surface area contributed by atoms with E-state index in [1.807, 2.05) is 11.8 Å². The Labute approximate surface area is 112 Å². The Hall–Kier alpha value is 0.0200. The maximum Gasteiger partial charge on any atom is 0.0707 e. The largest absolute Gasteiger partial charge is 0.282 e. The molecular formula is C15H29NS. The van der Waals surface area contributed by atoms with Gasteiger partial charge in [-0.25, -0.2) is 0 Å². The summed E-state index contributed by atoms with van der Waals surface area (Å²) in [6, 6.07) is 0. The minimum absolute atomic E-state index is 0.797. The number of aliphatic imine (C=N–C) groups is 1. The first-order valence-electron chi connectivity index (χ1n) is 7.55. The van der Waals surface area contributed by atoms with Crippen molar-refractivity contribution in [2.24, 2.45) is 10.9 Å². The summed E-state index contributed by atoms with van der Waals surface area (Å²) >= 11 is 2.02. The third-order valence-corrected chi connectivity index (χ3v) is 4.67. The van der Waals surface area contributed by atoms with E-state index < -0.39 is 0 Å². The van der Waals surface area contributed by atoms with Gasteiger partial charge >= 0.3 is 0 Å². The Morgan fingerprint density at radius 3 is 2.24 bits per heavy atom. The Morgan fingerprint density at radius 2 is 1.65 bits per heavy atom. The van der Waals surface area contributed by atoms with E-state index in [-0.39, 0.29) is 0 Å². The van der Waals surface area contributed by atoms with Crippen molar-refractivity contribution in [3.05, 3.63) is 0 Å². The van der Waals surface area contributed by atoms with E-state index in [2.05, 4.69) is 13.8 Å². The summed E-state index contributed by atoms with van der Waals surface area (Å²) in [5.41, 5.74) is 0. The third-order valence-electron chi connectivity index (χ3n) is 3.52. The Bertz CT molecular complexity index is 213. The van der Waals surface area contributed by atoms with Crippen LogP contribution in [0.15, 0.2) is 4.99 Å². The van der Waals surface area contributed by atoms with E-state index in [0.717, 1.165) is 12.5 Å². The molecule has 0 saturated carbocycles. The molecule has 0 amide bonds. The Balaban J connectivity index is 2.25. The third kappa shape index (κ3) is 6.49. The lowest BCUT2D eigenvalue weighted by molar-refractivity contribution is 0.502. The van der Waals surface area contributed by atoms with Crippen LogP contribution in [0.5, 0.6) is 0 Å². The van der Waals surface area contributed by atoms with Gasteiger partial charge in [0.2, 0.25) is 0 Å². The van der Waals surface area contributed by atoms with E-state index >= 15 is 0 Å². The molecule has 0 bridgehead atoms. The van der Waals surface area contributed by atoms with Gasteiger partial charge in [0.15, 0.2) is 0 Å². The van der Waals surface area contributed by atoms with Gasteiger partial charge in [0.1, 0.15) is 0 Å². The van der Waals surface area contributed by atoms with Gasteiger partial charge in [-0.3, -0.25) is 4.99 Å². The molecule has 0 N–H and O–H groups in total. The minimum Gasteiger partial charge on any atom is -0.282 e. The fourth-order valence-electron chi connectivity index (χ4n) is 2.45. The average Bonchev–Trinajstić information content (AvgIpc) is 2.86. The molecule has 1 aliphatic heterocycles. The standard InChI is InChI=1S/C15H29NS/c1-3-5-7-9-11-14(10-8-6-4-2)15-16-12-13-17-15/h14H,3-13H2,1-2H3. The molecule has 0 aromatic rings. The van der Waals surface area contributed by atoms with Crippen molar-refractivity contribution in [1.29, 1.82) is 0 Å². The molecule has 1 atom stereocenters. The molecule has 1 heterocycles. The highest BCUT2D eigenvalue weighted by Crippen LogP contribution is 2.27. The predicted molar refractivity (Wildman–Crippen MR) is 81.2 cm³/mol. The Morgan fingerprint density at radius 1 is 1.00 bits per heavy atom. The molecule has 0 radical (unpaired) electrons. The molecule has 0 spiro atoms. The van der Waals surface area contributed by atoms with Crippen molar-refractivity contribution < 1.29 is 0 Å². The second-order valence-corrected chi connectivity index (χ2v) is 6.23. The second-order valence-electron chi connectivity index (χ2n) is 5.11. The van der Waals surface area contributed by atoms with Gasteiger partial charge in [0, 0.05) is 18.2 Å². The summed E-state index contributed by atoms with van der Waals surface area (Å²) in [4.78, 5) is 4.69. The molecule has 0 aliphatic carbocycles. The first-order chi connectivity index (χ1) is 8.38. The Kier molecular flexibility index (Phi) is 8.86. The summed E-state index contributed by atoms with van der Waals surface area (Å²) in [5.74, 6) is 2.03. The van der Waals surface area contributed by atoms with Crippen molar-refractivity contribution in [3.63, 3.8) is 0 Å². The van der Waals surface area contributed by atoms with E-state index in [9.17, 15) is 0 Å². The van der Waals surface area contributed by atoms with Crippen LogP contribution >= 0.6 is 11.8 Å². The molecule has 100 valence electrons. The fraction of sp³-hybridized carbons (Fsp3) is 0.933. The van der Waals surface area contributed by atoms with Gasteiger partial charge in [-0.1, -0.05) is 58.8 Å². The quantitative estimate of drug-likeness (QED) is 0.483. The normalized spacial score (nSPS) is 17.2. The average molecular weight is 255 g/mol. The van der Waals surface area contributed by atoms with Crippen molar-refractivity contribution in [3.8, 4) is 0 Å². The molecule has 0 saturated heterocycles. The molecule has 1 unspecified atom stereocenters. The number of nitrogens with zero attached hydrogens (tertiary/aromatic N) is 1. The molecule has 2 heteroatoms. The van der Waals surface area contributed by atoms with Gasteiger partial charge in [-0.2, -0.15) is 0 Å². The molecular weight excluding hydrogens is 226 g/mol. The lowest BCUT2D eigenvalue weighted by atomic mass is 9.95. The summed E-state index contributed by atoms with van der Waals surface area (Å²) in [7, 11) is 0. The smallest absolute Gasteiger partial charge is 0.0707 e. The molecule has 1 nitrogen and oxygen atoms in total. The maximum absolute atomic E-state index is 4.69. The zero-order valence-corrected chi connectivity index (χ0v) is 12.5. The first-order valence-corrected chi connectivity index (χ1v) is 8.54. The van der Waals surface area contributed by atoms with Crippen molar-refractivity contribution in [2.45, 2.75) is 71.6 Å². The number of hydrogen-bond acceptors (Lipinski definition) is 2. The lowest BCUT2D eigenvalue weighted by Crippen LogP contribution is -2.10. The molecule has 0 aromatic carbocycles. The summed E-state index contributed by atoms with van der Waals surface area (Å²) in [6.45, 7) is 5.65. The highest BCUT2D eigenvalue weighted by Gasteiger charge is 2.18. The number of unbranched alkanes of at least 4 members (excludes halogenated alkanes) is 5. The van der Waals surface area contributed by atoms with Crippen LogP contribution in [0.4, 0.5) is 0 Å². The highest BCUT2D eigenvalue weighted by molar-refractivity contribution is 8.14.